The molecule has 1 rings (SSSR count). The predicted molar refractivity (Wildman–Crippen MR) is 56.6 cm³/mol. The fourth-order valence-corrected chi connectivity index (χ4v) is 0.859. The summed E-state index contributed by atoms with van der Waals surface area (Å²) in [5, 5.41) is 9.25. The van der Waals surface area contributed by atoms with E-state index in [1.165, 1.54) is 18.2 Å². The Morgan fingerprint density at radius 3 is 2.79 bits per heavy atom. The SMILES string of the molecule is C=CCOC(=O)c1ccccc1O.[H-].[H-].[Mg+2]. The zero-order valence-corrected chi connectivity index (χ0v) is 9.19. The second kappa shape index (κ2) is 6.45. The van der Waals surface area contributed by atoms with Gasteiger partial charge < -0.3 is 12.7 Å². The quantitative estimate of drug-likeness (QED) is 0.462. The molecule has 0 heterocycles. The molecule has 0 atom stereocenters. The molecule has 0 aliphatic carbocycles. The first kappa shape index (κ1) is 13.0. The number of hydrogen-bond donors (Lipinski definition) is 1. The van der Waals surface area contributed by atoms with Crippen molar-refractivity contribution in [1.29, 1.82) is 0 Å². The molecule has 0 aromatic heterocycles. The van der Waals surface area contributed by atoms with Crippen molar-refractivity contribution in [1.82, 2.24) is 0 Å². The molecule has 0 amide bonds. The molecular formula is C10H12MgO3. The summed E-state index contributed by atoms with van der Waals surface area (Å²) in [7, 11) is 0. The number of rotatable bonds is 3. The average Bonchev–Trinajstić information content (AvgIpc) is 2.15. The normalized spacial score (nSPS) is 8.57. The fourth-order valence-electron chi connectivity index (χ4n) is 0.859. The second-order valence-electron chi connectivity index (χ2n) is 2.40. The molecule has 0 bridgehead atoms. The van der Waals surface area contributed by atoms with Gasteiger partial charge in [0.05, 0.1) is 0 Å². The van der Waals surface area contributed by atoms with E-state index in [0.29, 0.717) is 0 Å². The molecule has 0 fully saturated rings. The fraction of sp³-hybridized carbons (Fsp3) is 0.100. The van der Waals surface area contributed by atoms with Crippen LogP contribution in [0.5, 0.6) is 5.75 Å². The Balaban J connectivity index is -0.000000563. The van der Waals surface area contributed by atoms with Gasteiger partial charge in [0.2, 0.25) is 0 Å². The first-order valence-electron chi connectivity index (χ1n) is 3.81. The van der Waals surface area contributed by atoms with Gasteiger partial charge in [-0.3, -0.25) is 0 Å². The van der Waals surface area contributed by atoms with Crippen molar-refractivity contribution in [2.24, 2.45) is 0 Å². The van der Waals surface area contributed by atoms with Crippen molar-refractivity contribution in [2.75, 3.05) is 6.61 Å². The molecule has 1 aromatic carbocycles. The van der Waals surface area contributed by atoms with E-state index in [9.17, 15) is 9.90 Å². The molecule has 0 saturated heterocycles. The van der Waals surface area contributed by atoms with Gasteiger partial charge >= 0.3 is 29.0 Å². The summed E-state index contributed by atoms with van der Waals surface area (Å²) >= 11 is 0. The van der Waals surface area contributed by atoms with Crippen LogP contribution in [0.1, 0.15) is 13.2 Å². The van der Waals surface area contributed by atoms with Crippen LogP contribution in [0.25, 0.3) is 0 Å². The molecule has 14 heavy (non-hydrogen) atoms. The smallest absolute Gasteiger partial charge is 1.00 e. The second-order valence-corrected chi connectivity index (χ2v) is 2.40. The van der Waals surface area contributed by atoms with Crippen LogP contribution in [0.15, 0.2) is 36.9 Å². The molecule has 0 saturated carbocycles. The van der Waals surface area contributed by atoms with Crippen LogP contribution in [0, 0.1) is 0 Å². The summed E-state index contributed by atoms with van der Waals surface area (Å²) in [5.41, 5.74) is 0.171. The zero-order valence-electron chi connectivity index (χ0n) is 9.77. The van der Waals surface area contributed by atoms with Crippen LogP contribution in [0.4, 0.5) is 0 Å². The predicted octanol–water partition coefficient (Wildman–Crippen LogP) is 1.58. The molecular weight excluding hydrogens is 192 g/mol. The first-order valence-corrected chi connectivity index (χ1v) is 3.81. The largest absolute Gasteiger partial charge is 2.00 e. The zero-order chi connectivity index (χ0) is 9.68. The van der Waals surface area contributed by atoms with E-state index in [2.05, 4.69) is 6.58 Å². The standard InChI is InChI=1S/C10H10O3.Mg.2H/c1-2-7-13-10(12)8-5-3-4-6-9(8)11;;;/h2-6,11H,1,7H2;;;/q;+2;2*-1. The van der Waals surface area contributed by atoms with Gasteiger partial charge in [-0.15, -0.1) is 0 Å². The number of ether oxygens (including phenoxy) is 1. The minimum absolute atomic E-state index is 0. The van der Waals surface area contributed by atoms with E-state index in [1.807, 2.05) is 0 Å². The number of aromatic hydroxyl groups is 1. The summed E-state index contributed by atoms with van der Waals surface area (Å²) < 4.78 is 4.74. The Kier molecular flexibility index (Phi) is 5.99. The van der Waals surface area contributed by atoms with E-state index in [-0.39, 0.29) is 43.8 Å². The molecule has 0 unspecified atom stereocenters. The summed E-state index contributed by atoms with van der Waals surface area (Å²) in [6.45, 7) is 3.56. The van der Waals surface area contributed by atoms with Crippen LogP contribution in [-0.4, -0.2) is 40.7 Å². The third kappa shape index (κ3) is 3.39. The maximum absolute atomic E-state index is 11.2. The topological polar surface area (TPSA) is 46.5 Å². The van der Waals surface area contributed by atoms with Crippen LogP contribution in [0.3, 0.4) is 0 Å². The monoisotopic (exact) mass is 204 g/mol. The van der Waals surface area contributed by atoms with Crippen molar-refractivity contribution >= 4 is 29.0 Å². The Bertz CT molecular complexity index is 332. The van der Waals surface area contributed by atoms with Gasteiger partial charge in [-0.05, 0) is 12.1 Å². The van der Waals surface area contributed by atoms with Crippen LogP contribution >= 0.6 is 0 Å². The maximum atomic E-state index is 11.2. The average molecular weight is 205 g/mol. The van der Waals surface area contributed by atoms with Crippen LogP contribution in [-0.2, 0) is 4.74 Å². The molecule has 1 aromatic rings. The summed E-state index contributed by atoms with van der Waals surface area (Å²) in [5.74, 6) is -0.616. The molecule has 3 nitrogen and oxygen atoms in total. The Morgan fingerprint density at radius 2 is 2.21 bits per heavy atom. The third-order valence-electron chi connectivity index (χ3n) is 1.46. The van der Waals surface area contributed by atoms with Crippen LogP contribution < -0.4 is 0 Å². The number of benzene rings is 1. The molecule has 0 spiro atoms. The number of phenols is 1. The van der Waals surface area contributed by atoms with E-state index in [0.717, 1.165) is 0 Å². The Labute approximate surface area is 102 Å². The van der Waals surface area contributed by atoms with E-state index in [4.69, 9.17) is 4.74 Å². The summed E-state index contributed by atoms with van der Waals surface area (Å²) in [4.78, 5) is 11.2. The number of carbonyl (C=O) groups excluding carboxylic acids is 1. The van der Waals surface area contributed by atoms with Crippen molar-refractivity contribution in [3.05, 3.63) is 42.5 Å². The molecule has 0 aliphatic heterocycles. The van der Waals surface area contributed by atoms with Gasteiger partial charge in [0.1, 0.15) is 17.9 Å². The molecule has 0 aliphatic rings. The Hall–Kier alpha value is -1.00. The van der Waals surface area contributed by atoms with E-state index >= 15 is 0 Å². The van der Waals surface area contributed by atoms with Crippen molar-refractivity contribution in [3.63, 3.8) is 0 Å². The van der Waals surface area contributed by atoms with Gasteiger partial charge in [0.15, 0.2) is 0 Å². The van der Waals surface area contributed by atoms with Crippen molar-refractivity contribution in [2.45, 2.75) is 0 Å². The molecule has 72 valence electrons. The molecule has 1 N–H and O–H groups in total. The number of para-hydroxylation sites is 1. The van der Waals surface area contributed by atoms with E-state index in [1.54, 1.807) is 12.1 Å². The minimum Gasteiger partial charge on any atom is -1.00 e. The first-order chi connectivity index (χ1) is 6.25. The van der Waals surface area contributed by atoms with Gasteiger partial charge in [-0.1, -0.05) is 24.8 Å². The number of carbonyl (C=O) groups is 1. The number of esters is 1. The molecule has 4 heteroatoms. The van der Waals surface area contributed by atoms with Gasteiger partial charge in [0.25, 0.3) is 0 Å². The minimum atomic E-state index is -0.544. The van der Waals surface area contributed by atoms with Gasteiger partial charge in [-0.2, -0.15) is 0 Å². The third-order valence-corrected chi connectivity index (χ3v) is 1.46. The van der Waals surface area contributed by atoms with Gasteiger partial charge in [-0.25, -0.2) is 4.79 Å². The number of phenolic OH excluding ortho intramolecular Hbond substituents is 1. The van der Waals surface area contributed by atoms with Crippen LogP contribution in [0.2, 0.25) is 0 Å². The summed E-state index contributed by atoms with van der Waals surface area (Å²) in [6, 6.07) is 6.23. The van der Waals surface area contributed by atoms with Crippen molar-refractivity contribution in [3.8, 4) is 5.75 Å². The number of hydrogen-bond acceptors (Lipinski definition) is 3. The van der Waals surface area contributed by atoms with Crippen molar-refractivity contribution < 1.29 is 17.5 Å². The van der Waals surface area contributed by atoms with Gasteiger partial charge in [0, 0.05) is 0 Å². The van der Waals surface area contributed by atoms with E-state index < -0.39 is 5.97 Å². The summed E-state index contributed by atoms with van der Waals surface area (Å²) in [6.07, 6.45) is 1.47. The maximum Gasteiger partial charge on any atom is 2.00 e. The molecule has 0 radical (unpaired) electrons. The Morgan fingerprint density at radius 1 is 1.57 bits per heavy atom.